The van der Waals surface area contributed by atoms with Crippen molar-refractivity contribution in [2.75, 3.05) is 0 Å². The van der Waals surface area contributed by atoms with Crippen LogP contribution in [-0.2, 0) is 9.59 Å². The van der Waals surface area contributed by atoms with Gasteiger partial charge in [0, 0.05) is 30.0 Å². The van der Waals surface area contributed by atoms with Crippen molar-refractivity contribution in [1.82, 2.24) is 5.32 Å². The zero-order valence-corrected chi connectivity index (χ0v) is 14.6. The maximum atomic E-state index is 13.2. The molecule has 26 heavy (non-hydrogen) atoms. The molecule has 1 heterocycles. The maximum absolute atomic E-state index is 13.2. The van der Waals surface area contributed by atoms with Gasteiger partial charge in [-0.3, -0.25) is 9.59 Å². The second kappa shape index (κ2) is 6.52. The number of Topliss-reactive ketones (excluding diaryl/α,β-unsaturated/α-hetero) is 1. The summed E-state index contributed by atoms with van der Waals surface area (Å²) in [6.07, 6.45) is 1.29. The molecule has 0 spiro atoms. The zero-order chi connectivity index (χ0) is 18.3. The Hall–Kier alpha value is -2.75. The normalized spacial score (nSPS) is 22.8. The van der Waals surface area contributed by atoms with E-state index in [9.17, 15) is 14.0 Å². The van der Waals surface area contributed by atoms with Crippen LogP contribution in [0.15, 0.2) is 59.8 Å². The number of allylic oxidation sites excluding steroid dienone is 2. The average molecular weight is 349 g/mol. The van der Waals surface area contributed by atoms with Crippen LogP contribution in [0.3, 0.4) is 0 Å². The lowest BCUT2D eigenvalue weighted by atomic mass is 9.73. The van der Waals surface area contributed by atoms with Crippen LogP contribution in [0, 0.1) is 12.7 Å². The minimum atomic E-state index is -0.290. The highest BCUT2D eigenvalue weighted by Gasteiger charge is 2.38. The summed E-state index contributed by atoms with van der Waals surface area (Å²) in [5.74, 6) is -0.477. The van der Waals surface area contributed by atoms with Crippen molar-refractivity contribution < 1.29 is 14.0 Å². The lowest BCUT2D eigenvalue weighted by Crippen LogP contribution is -2.38. The van der Waals surface area contributed by atoms with Crippen LogP contribution < -0.4 is 5.32 Å². The molecule has 2 atom stereocenters. The van der Waals surface area contributed by atoms with E-state index in [1.54, 1.807) is 12.1 Å². The first-order valence-corrected chi connectivity index (χ1v) is 8.89. The Balaban J connectivity index is 1.71. The van der Waals surface area contributed by atoms with Gasteiger partial charge in [-0.15, -0.1) is 0 Å². The van der Waals surface area contributed by atoms with E-state index >= 15 is 0 Å². The summed E-state index contributed by atoms with van der Waals surface area (Å²) in [5.41, 5.74) is 4.54. The number of ketones is 1. The Bertz CT molecular complexity index is 914. The molecule has 2 aromatic rings. The Morgan fingerprint density at radius 1 is 0.962 bits per heavy atom. The van der Waals surface area contributed by atoms with Crippen LogP contribution in [0.4, 0.5) is 4.39 Å². The van der Waals surface area contributed by atoms with Crippen molar-refractivity contribution >= 4 is 11.7 Å². The Morgan fingerprint density at radius 2 is 1.73 bits per heavy atom. The summed E-state index contributed by atoms with van der Waals surface area (Å²) in [6.45, 7) is 2.01. The van der Waals surface area contributed by atoms with Crippen LogP contribution in [-0.4, -0.2) is 11.7 Å². The molecule has 4 rings (SSSR count). The lowest BCUT2D eigenvalue weighted by Gasteiger charge is -2.34. The summed E-state index contributed by atoms with van der Waals surface area (Å²) < 4.78 is 13.2. The van der Waals surface area contributed by atoms with Gasteiger partial charge in [0.2, 0.25) is 5.91 Å². The molecule has 132 valence electrons. The summed E-state index contributed by atoms with van der Waals surface area (Å²) in [7, 11) is 0. The molecule has 0 fully saturated rings. The fourth-order valence-electron chi connectivity index (χ4n) is 4.10. The Labute approximate surface area is 151 Å². The van der Waals surface area contributed by atoms with E-state index in [-0.39, 0.29) is 29.3 Å². The van der Waals surface area contributed by atoms with E-state index in [0.717, 1.165) is 28.0 Å². The lowest BCUT2D eigenvalue weighted by molar-refractivity contribution is -0.122. The molecular weight excluding hydrogens is 329 g/mol. The number of carbonyl (C=O) groups excluding carboxylic acids is 2. The third-order valence-electron chi connectivity index (χ3n) is 5.32. The van der Waals surface area contributed by atoms with Gasteiger partial charge in [0.15, 0.2) is 5.78 Å². The minimum Gasteiger partial charge on any atom is -0.329 e. The predicted octanol–water partition coefficient (Wildman–Crippen LogP) is 4.14. The quantitative estimate of drug-likeness (QED) is 0.886. The molecule has 3 nitrogen and oxygen atoms in total. The van der Waals surface area contributed by atoms with Gasteiger partial charge in [-0.25, -0.2) is 4.39 Å². The van der Waals surface area contributed by atoms with Gasteiger partial charge in [0.1, 0.15) is 5.82 Å². The highest BCUT2D eigenvalue weighted by Crippen LogP contribution is 2.42. The number of amides is 1. The Kier molecular flexibility index (Phi) is 4.19. The van der Waals surface area contributed by atoms with Crippen LogP contribution in [0.25, 0.3) is 0 Å². The van der Waals surface area contributed by atoms with Crippen LogP contribution in [0.5, 0.6) is 0 Å². The monoisotopic (exact) mass is 349 g/mol. The van der Waals surface area contributed by atoms with E-state index < -0.39 is 0 Å². The van der Waals surface area contributed by atoms with Crippen molar-refractivity contribution in [3.05, 3.63) is 82.3 Å². The van der Waals surface area contributed by atoms with Crippen molar-refractivity contribution in [2.45, 2.75) is 38.0 Å². The molecule has 0 saturated carbocycles. The SMILES string of the molecule is Cc1cccc(C2CC(=O)NC3=C2C(=O)CC(c2ccc(F)cc2)C3)c1. The first kappa shape index (κ1) is 16.7. The molecule has 2 unspecified atom stereocenters. The van der Waals surface area contributed by atoms with E-state index in [1.165, 1.54) is 12.1 Å². The maximum Gasteiger partial charge on any atom is 0.225 e. The summed E-state index contributed by atoms with van der Waals surface area (Å²) in [5, 5.41) is 2.92. The minimum absolute atomic E-state index is 0.0293. The van der Waals surface area contributed by atoms with Gasteiger partial charge in [-0.1, -0.05) is 42.0 Å². The fourth-order valence-corrected chi connectivity index (χ4v) is 4.10. The summed E-state index contributed by atoms with van der Waals surface area (Å²) in [4.78, 5) is 25.2. The number of hydrogen-bond acceptors (Lipinski definition) is 2. The molecular formula is C22H20FNO2. The highest BCUT2D eigenvalue weighted by atomic mass is 19.1. The fraction of sp³-hybridized carbons (Fsp3) is 0.273. The summed E-state index contributed by atoms with van der Waals surface area (Å²) in [6, 6.07) is 14.3. The van der Waals surface area contributed by atoms with Crippen LogP contribution in [0.2, 0.25) is 0 Å². The molecule has 2 aliphatic rings. The molecule has 2 aromatic carbocycles. The largest absolute Gasteiger partial charge is 0.329 e. The van der Waals surface area contributed by atoms with E-state index in [0.29, 0.717) is 19.3 Å². The van der Waals surface area contributed by atoms with Gasteiger partial charge in [0.25, 0.3) is 0 Å². The highest BCUT2D eigenvalue weighted by molar-refractivity contribution is 6.02. The second-order valence-electron chi connectivity index (χ2n) is 7.19. The standard InChI is InChI=1S/C22H20FNO2/c1-13-3-2-4-15(9-13)18-12-21(26)24-19-10-16(11-20(25)22(18)19)14-5-7-17(23)8-6-14/h2-9,16,18H,10-12H2,1H3,(H,24,26). The molecule has 4 heteroatoms. The van der Waals surface area contributed by atoms with E-state index in [2.05, 4.69) is 5.32 Å². The van der Waals surface area contributed by atoms with Gasteiger partial charge in [0.05, 0.1) is 0 Å². The number of nitrogens with one attached hydrogen (secondary N) is 1. The van der Waals surface area contributed by atoms with Crippen LogP contribution in [0.1, 0.15) is 47.8 Å². The van der Waals surface area contributed by atoms with Crippen molar-refractivity contribution in [3.63, 3.8) is 0 Å². The number of rotatable bonds is 2. The molecule has 1 aliphatic carbocycles. The van der Waals surface area contributed by atoms with Gasteiger partial charge >= 0.3 is 0 Å². The Morgan fingerprint density at radius 3 is 2.46 bits per heavy atom. The van der Waals surface area contributed by atoms with Gasteiger partial charge < -0.3 is 5.32 Å². The number of hydrogen-bond donors (Lipinski definition) is 1. The average Bonchev–Trinajstić information content (AvgIpc) is 2.61. The topological polar surface area (TPSA) is 46.2 Å². The smallest absolute Gasteiger partial charge is 0.225 e. The second-order valence-corrected chi connectivity index (χ2v) is 7.19. The molecule has 0 radical (unpaired) electrons. The molecule has 1 aliphatic heterocycles. The first-order chi connectivity index (χ1) is 12.5. The van der Waals surface area contributed by atoms with Gasteiger partial charge in [-0.05, 0) is 42.5 Å². The molecule has 1 amide bonds. The number of halogens is 1. The number of benzene rings is 2. The molecule has 0 saturated heterocycles. The van der Waals surface area contributed by atoms with Crippen molar-refractivity contribution in [1.29, 1.82) is 0 Å². The van der Waals surface area contributed by atoms with Crippen molar-refractivity contribution in [2.24, 2.45) is 0 Å². The zero-order valence-electron chi connectivity index (χ0n) is 14.6. The van der Waals surface area contributed by atoms with Crippen molar-refractivity contribution in [3.8, 4) is 0 Å². The van der Waals surface area contributed by atoms with E-state index in [4.69, 9.17) is 0 Å². The van der Waals surface area contributed by atoms with E-state index in [1.807, 2.05) is 31.2 Å². The molecule has 1 N–H and O–H groups in total. The molecule has 0 bridgehead atoms. The first-order valence-electron chi connectivity index (χ1n) is 8.89. The third kappa shape index (κ3) is 3.07. The van der Waals surface area contributed by atoms with Gasteiger partial charge in [-0.2, -0.15) is 0 Å². The number of aryl methyl sites for hydroxylation is 1. The number of carbonyl (C=O) groups is 2. The third-order valence-corrected chi connectivity index (χ3v) is 5.32. The summed E-state index contributed by atoms with van der Waals surface area (Å²) >= 11 is 0. The van der Waals surface area contributed by atoms with Crippen LogP contribution >= 0.6 is 0 Å². The molecule has 0 aromatic heterocycles. The predicted molar refractivity (Wildman–Crippen MR) is 97.1 cm³/mol.